The van der Waals surface area contributed by atoms with E-state index in [1.165, 1.54) is 54.7 Å². The van der Waals surface area contributed by atoms with E-state index in [0.717, 1.165) is 23.7 Å². The van der Waals surface area contributed by atoms with Crippen LogP contribution in [0.15, 0.2) is 47.8 Å². The molecule has 1 aromatic carbocycles. The zero-order valence-corrected chi connectivity index (χ0v) is 15.3. The number of benzene rings is 1. The Morgan fingerprint density at radius 3 is 3.00 bits per heavy atom. The van der Waals surface area contributed by atoms with Crippen molar-refractivity contribution in [2.45, 2.75) is 25.7 Å². The molecule has 130 valence electrons. The third-order valence-electron chi connectivity index (χ3n) is 4.99. The van der Waals surface area contributed by atoms with Gasteiger partial charge in [-0.2, -0.15) is 0 Å². The summed E-state index contributed by atoms with van der Waals surface area (Å²) in [4.78, 5) is 6.07. The van der Waals surface area contributed by atoms with Crippen molar-refractivity contribution in [3.63, 3.8) is 0 Å². The van der Waals surface area contributed by atoms with Crippen molar-refractivity contribution in [1.29, 1.82) is 0 Å². The number of thiophene rings is 1. The molecule has 25 heavy (non-hydrogen) atoms. The van der Waals surface area contributed by atoms with E-state index in [-0.39, 0.29) is 0 Å². The van der Waals surface area contributed by atoms with E-state index in [4.69, 9.17) is 4.98 Å². The average molecular weight is 352 g/mol. The molecule has 2 N–H and O–H groups in total. The van der Waals surface area contributed by atoms with Gasteiger partial charge in [0.05, 0.1) is 16.1 Å². The molecule has 4 rings (SSSR count). The Hall–Kier alpha value is -1.91. The first-order valence-electron chi connectivity index (χ1n) is 9.28. The number of hydrogen-bond acceptors (Lipinski definition) is 4. The van der Waals surface area contributed by atoms with Crippen LogP contribution in [0.2, 0.25) is 0 Å². The Morgan fingerprint density at radius 1 is 1.20 bits per heavy atom. The summed E-state index contributed by atoms with van der Waals surface area (Å²) < 4.78 is 0. The SMILES string of the molecule is c1csc(-c2cc(NCCCC3CCCNC3)c3ccccc3n2)c1. The highest BCUT2D eigenvalue weighted by Crippen LogP contribution is 2.30. The first kappa shape index (κ1) is 16.6. The van der Waals surface area contributed by atoms with Crippen LogP contribution in [-0.2, 0) is 0 Å². The Kier molecular flexibility index (Phi) is 5.28. The number of anilines is 1. The summed E-state index contributed by atoms with van der Waals surface area (Å²) in [7, 11) is 0. The molecule has 1 unspecified atom stereocenters. The lowest BCUT2D eigenvalue weighted by Gasteiger charge is -2.22. The highest BCUT2D eigenvalue weighted by Gasteiger charge is 2.12. The van der Waals surface area contributed by atoms with E-state index >= 15 is 0 Å². The van der Waals surface area contributed by atoms with Crippen LogP contribution in [0.5, 0.6) is 0 Å². The van der Waals surface area contributed by atoms with Crippen LogP contribution in [0.1, 0.15) is 25.7 Å². The minimum absolute atomic E-state index is 0.853. The summed E-state index contributed by atoms with van der Waals surface area (Å²) in [6.07, 6.45) is 5.24. The summed E-state index contributed by atoms with van der Waals surface area (Å²) in [6, 6.07) is 14.8. The zero-order valence-electron chi connectivity index (χ0n) is 14.5. The molecule has 3 heterocycles. The number of rotatable bonds is 6. The maximum Gasteiger partial charge on any atom is 0.0829 e. The fraction of sp³-hybridized carbons (Fsp3) is 0.381. The molecular formula is C21H25N3S. The van der Waals surface area contributed by atoms with Gasteiger partial charge < -0.3 is 10.6 Å². The van der Waals surface area contributed by atoms with Crippen molar-refractivity contribution in [3.05, 3.63) is 47.8 Å². The average Bonchev–Trinajstić information content (AvgIpc) is 3.20. The Morgan fingerprint density at radius 2 is 2.16 bits per heavy atom. The predicted octanol–water partition coefficient (Wildman–Crippen LogP) is 5.16. The fourth-order valence-electron chi connectivity index (χ4n) is 3.66. The highest BCUT2D eigenvalue weighted by molar-refractivity contribution is 7.13. The van der Waals surface area contributed by atoms with Crippen molar-refractivity contribution in [3.8, 4) is 10.6 Å². The summed E-state index contributed by atoms with van der Waals surface area (Å²) in [6.45, 7) is 3.42. The number of nitrogens with one attached hydrogen (secondary N) is 2. The van der Waals surface area contributed by atoms with Crippen molar-refractivity contribution >= 4 is 27.9 Å². The maximum absolute atomic E-state index is 4.84. The zero-order chi connectivity index (χ0) is 16.9. The normalized spacial score (nSPS) is 17.7. The second-order valence-corrected chi connectivity index (χ2v) is 7.78. The number of para-hydroxylation sites is 1. The summed E-state index contributed by atoms with van der Waals surface area (Å²) in [5.74, 6) is 0.853. The van der Waals surface area contributed by atoms with E-state index in [1.807, 2.05) is 0 Å². The van der Waals surface area contributed by atoms with Gasteiger partial charge >= 0.3 is 0 Å². The summed E-state index contributed by atoms with van der Waals surface area (Å²) in [5, 5.41) is 10.5. The molecule has 0 amide bonds. The number of pyridine rings is 1. The van der Waals surface area contributed by atoms with Crippen molar-refractivity contribution in [2.24, 2.45) is 5.92 Å². The molecule has 2 aromatic heterocycles. The predicted molar refractivity (Wildman–Crippen MR) is 108 cm³/mol. The molecule has 3 aromatic rings. The van der Waals surface area contributed by atoms with Crippen molar-refractivity contribution in [2.75, 3.05) is 25.0 Å². The molecular weight excluding hydrogens is 326 g/mol. The summed E-state index contributed by atoms with van der Waals surface area (Å²) in [5.41, 5.74) is 3.33. The van der Waals surface area contributed by atoms with Crippen LogP contribution in [0.4, 0.5) is 5.69 Å². The third-order valence-corrected chi connectivity index (χ3v) is 5.89. The van der Waals surface area contributed by atoms with Gasteiger partial charge in [0.15, 0.2) is 0 Å². The van der Waals surface area contributed by atoms with Crippen LogP contribution < -0.4 is 10.6 Å². The van der Waals surface area contributed by atoms with Crippen LogP contribution in [-0.4, -0.2) is 24.6 Å². The molecule has 1 aliphatic heterocycles. The molecule has 4 heteroatoms. The van der Waals surface area contributed by atoms with E-state index in [0.29, 0.717) is 0 Å². The molecule has 3 nitrogen and oxygen atoms in total. The molecule has 1 fully saturated rings. The maximum atomic E-state index is 4.84. The highest BCUT2D eigenvalue weighted by atomic mass is 32.1. The van der Waals surface area contributed by atoms with Gasteiger partial charge in [0.2, 0.25) is 0 Å². The van der Waals surface area contributed by atoms with Gasteiger partial charge in [0.1, 0.15) is 0 Å². The van der Waals surface area contributed by atoms with Gasteiger partial charge in [0.25, 0.3) is 0 Å². The molecule has 0 saturated carbocycles. The van der Waals surface area contributed by atoms with E-state index in [9.17, 15) is 0 Å². The Balaban J connectivity index is 1.47. The van der Waals surface area contributed by atoms with Crippen molar-refractivity contribution in [1.82, 2.24) is 10.3 Å². The molecule has 1 atom stereocenters. The van der Waals surface area contributed by atoms with E-state index < -0.39 is 0 Å². The minimum Gasteiger partial charge on any atom is -0.384 e. The van der Waals surface area contributed by atoms with Gasteiger partial charge in [-0.15, -0.1) is 11.3 Å². The topological polar surface area (TPSA) is 37.0 Å². The van der Waals surface area contributed by atoms with Crippen molar-refractivity contribution < 1.29 is 0 Å². The Bertz CT molecular complexity index is 807. The lowest BCUT2D eigenvalue weighted by atomic mass is 9.95. The largest absolute Gasteiger partial charge is 0.384 e. The first-order chi connectivity index (χ1) is 12.4. The second kappa shape index (κ2) is 7.98. The van der Waals surface area contributed by atoms with Crippen LogP contribution >= 0.6 is 11.3 Å². The van der Waals surface area contributed by atoms with Gasteiger partial charge in [0, 0.05) is 17.6 Å². The van der Waals surface area contributed by atoms with Gasteiger partial charge in [-0.25, -0.2) is 4.98 Å². The quantitative estimate of drug-likeness (QED) is 0.603. The van der Waals surface area contributed by atoms with Gasteiger partial charge in [-0.3, -0.25) is 0 Å². The number of fused-ring (bicyclic) bond motifs is 1. The molecule has 0 radical (unpaired) electrons. The lowest BCUT2D eigenvalue weighted by molar-refractivity contribution is 0.353. The minimum atomic E-state index is 0.853. The van der Waals surface area contributed by atoms with Gasteiger partial charge in [-0.1, -0.05) is 24.3 Å². The summed E-state index contributed by atoms with van der Waals surface area (Å²) >= 11 is 1.74. The number of hydrogen-bond donors (Lipinski definition) is 2. The molecule has 0 spiro atoms. The van der Waals surface area contributed by atoms with Crippen LogP contribution in [0, 0.1) is 5.92 Å². The molecule has 1 aliphatic rings. The standard InChI is InChI=1S/C21H25N3S/c1-2-9-18-17(8-1)19(14-20(24-18)21-10-5-13-25-21)23-12-4-7-16-6-3-11-22-15-16/h1-2,5,8-10,13-14,16,22H,3-4,6-7,11-12,15H2,(H,23,24). The van der Waals surface area contributed by atoms with Crippen LogP contribution in [0.25, 0.3) is 21.5 Å². The lowest BCUT2D eigenvalue weighted by Crippen LogP contribution is -2.29. The van der Waals surface area contributed by atoms with Gasteiger partial charge in [-0.05, 0) is 68.3 Å². The number of aromatic nitrogens is 1. The van der Waals surface area contributed by atoms with E-state index in [2.05, 4.69) is 58.5 Å². The Labute approximate surface area is 153 Å². The first-order valence-corrected chi connectivity index (χ1v) is 10.2. The second-order valence-electron chi connectivity index (χ2n) is 6.83. The fourth-order valence-corrected chi connectivity index (χ4v) is 4.34. The third kappa shape index (κ3) is 4.02. The monoisotopic (exact) mass is 351 g/mol. The molecule has 0 aliphatic carbocycles. The van der Waals surface area contributed by atoms with E-state index in [1.54, 1.807) is 11.3 Å². The van der Waals surface area contributed by atoms with Crippen LogP contribution in [0.3, 0.4) is 0 Å². The molecule has 0 bridgehead atoms. The molecule has 1 saturated heterocycles. The number of nitrogens with zero attached hydrogens (tertiary/aromatic N) is 1. The smallest absolute Gasteiger partial charge is 0.0829 e. The number of piperidine rings is 1.